The molecule has 3 heteroatoms. The van der Waals surface area contributed by atoms with Crippen LogP contribution in [0.1, 0.15) is 22.3 Å². The molecule has 3 aromatic carbocycles. The van der Waals surface area contributed by atoms with Gasteiger partial charge in [0.05, 0.1) is 5.52 Å². The molecule has 0 radical (unpaired) electrons. The van der Waals surface area contributed by atoms with Gasteiger partial charge in [0.2, 0.25) is 0 Å². The van der Waals surface area contributed by atoms with Crippen LogP contribution < -0.4 is 10.7 Å². The highest BCUT2D eigenvalue weighted by atomic mass is 16.1. The van der Waals surface area contributed by atoms with Crippen molar-refractivity contribution in [3.8, 4) is 0 Å². The Balaban J connectivity index is 1.82. The molecule has 4 aromatic rings. The minimum Gasteiger partial charge on any atom is -0.354 e. The van der Waals surface area contributed by atoms with Gasteiger partial charge in [0.1, 0.15) is 0 Å². The number of hydrogen-bond acceptors (Lipinski definition) is 2. The molecule has 0 saturated carbocycles. The van der Waals surface area contributed by atoms with Crippen molar-refractivity contribution in [1.29, 1.82) is 0 Å². The second kappa shape index (κ2) is 5.09. The first kappa shape index (κ1) is 15.0. The highest BCUT2D eigenvalue weighted by molar-refractivity contribution is 6.02. The van der Waals surface area contributed by atoms with Crippen LogP contribution in [0.5, 0.6) is 0 Å². The smallest absolute Gasteiger partial charge is 0.197 e. The fourth-order valence-corrected chi connectivity index (χ4v) is 3.80. The molecule has 2 N–H and O–H groups in total. The van der Waals surface area contributed by atoms with E-state index in [1.807, 2.05) is 37.3 Å². The summed E-state index contributed by atoms with van der Waals surface area (Å²) in [7, 11) is 0. The molecule has 126 valence electrons. The van der Waals surface area contributed by atoms with Gasteiger partial charge >= 0.3 is 0 Å². The molecular formula is C23H18N2O. The molecule has 1 aliphatic rings. The third-order valence-electron chi connectivity index (χ3n) is 5.19. The number of rotatable bonds is 0. The molecule has 0 fully saturated rings. The van der Waals surface area contributed by atoms with E-state index in [0.29, 0.717) is 5.39 Å². The minimum absolute atomic E-state index is 0.0577. The van der Waals surface area contributed by atoms with Crippen LogP contribution in [0.25, 0.3) is 27.4 Å². The Labute approximate surface area is 151 Å². The average Bonchev–Trinajstić information content (AvgIpc) is 2.63. The van der Waals surface area contributed by atoms with Crippen LogP contribution in [0.15, 0.2) is 59.9 Å². The van der Waals surface area contributed by atoms with E-state index >= 15 is 0 Å². The molecule has 0 aliphatic carbocycles. The molecule has 0 saturated heterocycles. The van der Waals surface area contributed by atoms with Crippen LogP contribution in [-0.2, 0) is 0 Å². The molecular weight excluding hydrogens is 320 g/mol. The second-order valence-corrected chi connectivity index (χ2v) is 7.10. The standard InChI is InChI=1S/C23H18N2O/c1-12-4-6-19-15(8-12)14(3)16-10-22-18(11-21(16)24-19)23(26)17-9-13(2)5-7-20(17)25-22/h4-11,24H,3H2,1-2H3,(H,25,26). The summed E-state index contributed by atoms with van der Waals surface area (Å²) >= 11 is 0. The van der Waals surface area contributed by atoms with Crippen molar-refractivity contribution in [2.24, 2.45) is 0 Å². The number of aromatic nitrogens is 1. The molecule has 1 aliphatic heterocycles. The van der Waals surface area contributed by atoms with E-state index in [1.54, 1.807) is 0 Å². The van der Waals surface area contributed by atoms with Gasteiger partial charge in [0.15, 0.2) is 5.43 Å². The van der Waals surface area contributed by atoms with Crippen LogP contribution >= 0.6 is 0 Å². The van der Waals surface area contributed by atoms with Crippen molar-refractivity contribution < 1.29 is 0 Å². The number of nitrogens with one attached hydrogen (secondary N) is 2. The largest absolute Gasteiger partial charge is 0.354 e. The van der Waals surface area contributed by atoms with Gasteiger partial charge in [0.25, 0.3) is 0 Å². The summed E-state index contributed by atoms with van der Waals surface area (Å²) in [5.41, 5.74) is 9.10. The van der Waals surface area contributed by atoms with Gasteiger partial charge in [-0.05, 0) is 55.8 Å². The lowest BCUT2D eigenvalue weighted by atomic mass is 9.90. The highest BCUT2D eigenvalue weighted by Gasteiger charge is 2.20. The molecule has 0 amide bonds. The Bertz CT molecular complexity index is 1310. The molecule has 0 atom stereocenters. The third kappa shape index (κ3) is 2.04. The van der Waals surface area contributed by atoms with E-state index in [0.717, 1.165) is 50.1 Å². The average molecular weight is 338 g/mol. The van der Waals surface area contributed by atoms with Crippen molar-refractivity contribution in [1.82, 2.24) is 4.98 Å². The molecule has 3 nitrogen and oxygen atoms in total. The van der Waals surface area contributed by atoms with Gasteiger partial charge in [-0.3, -0.25) is 4.79 Å². The first-order valence-electron chi connectivity index (χ1n) is 8.69. The van der Waals surface area contributed by atoms with Crippen molar-refractivity contribution in [3.63, 3.8) is 0 Å². The predicted octanol–water partition coefficient (Wildman–Crippen LogP) is 5.42. The predicted molar refractivity (Wildman–Crippen MR) is 109 cm³/mol. The minimum atomic E-state index is 0.0577. The molecule has 2 heterocycles. The zero-order chi connectivity index (χ0) is 18.0. The summed E-state index contributed by atoms with van der Waals surface area (Å²) in [5, 5.41) is 4.88. The summed E-state index contributed by atoms with van der Waals surface area (Å²) in [6, 6.07) is 16.2. The summed E-state index contributed by atoms with van der Waals surface area (Å²) in [4.78, 5) is 16.4. The van der Waals surface area contributed by atoms with Crippen molar-refractivity contribution in [2.45, 2.75) is 13.8 Å². The van der Waals surface area contributed by atoms with Crippen LogP contribution in [0.3, 0.4) is 0 Å². The van der Waals surface area contributed by atoms with E-state index in [1.165, 1.54) is 5.56 Å². The summed E-state index contributed by atoms with van der Waals surface area (Å²) in [6.07, 6.45) is 0. The highest BCUT2D eigenvalue weighted by Crippen LogP contribution is 2.41. The summed E-state index contributed by atoms with van der Waals surface area (Å²) in [5.74, 6) is 0. The monoisotopic (exact) mass is 338 g/mol. The lowest BCUT2D eigenvalue weighted by Gasteiger charge is -2.24. The van der Waals surface area contributed by atoms with Gasteiger partial charge in [-0.15, -0.1) is 0 Å². The SMILES string of the molecule is C=C1c2cc(C)ccc2Nc2cc3c(=O)c4cc(C)ccc4[nH]c3cc21. The zero-order valence-electron chi connectivity index (χ0n) is 14.7. The first-order valence-corrected chi connectivity index (χ1v) is 8.69. The maximum Gasteiger partial charge on any atom is 0.197 e. The molecule has 1 aromatic heterocycles. The number of hydrogen-bond donors (Lipinski definition) is 2. The lowest BCUT2D eigenvalue weighted by Crippen LogP contribution is -2.09. The normalized spacial score (nSPS) is 12.8. The van der Waals surface area contributed by atoms with Gasteiger partial charge < -0.3 is 10.3 Å². The third-order valence-corrected chi connectivity index (χ3v) is 5.19. The van der Waals surface area contributed by atoms with Crippen LogP contribution in [0.2, 0.25) is 0 Å². The first-order chi connectivity index (χ1) is 12.5. The number of fused-ring (bicyclic) bond motifs is 4. The van der Waals surface area contributed by atoms with Crippen LogP contribution in [0.4, 0.5) is 11.4 Å². The number of aryl methyl sites for hydroxylation is 2. The van der Waals surface area contributed by atoms with Crippen LogP contribution in [-0.4, -0.2) is 4.98 Å². The maximum atomic E-state index is 13.0. The molecule has 0 spiro atoms. The fourth-order valence-electron chi connectivity index (χ4n) is 3.80. The second-order valence-electron chi connectivity index (χ2n) is 7.10. The Kier molecular flexibility index (Phi) is 2.93. The molecule has 0 unspecified atom stereocenters. The van der Waals surface area contributed by atoms with E-state index in [-0.39, 0.29) is 5.43 Å². The van der Waals surface area contributed by atoms with E-state index in [2.05, 4.69) is 42.0 Å². The van der Waals surface area contributed by atoms with Gasteiger partial charge in [-0.2, -0.15) is 0 Å². The molecule has 5 rings (SSSR count). The van der Waals surface area contributed by atoms with Gasteiger partial charge in [0, 0.05) is 38.8 Å². The fraction of sp³-hybridized carbons (Fsp3) is 0.0870. The number of H-pyrrole nitrogens is 1. The number of anilines is 2. The van der Waals surface area contributed by atoms with Gasteiger partial charge in [-0.25, -0.2) is 0 Å². The number of aromatic amines is 1. The maximum absolute atomic E-state index is 13.0. The topological polar surface area (TPSA) is 44.9 Å². The Morgan fingerprint density at radius 3 is 2.31 bits per heavy atom. The Morgan fingerprint density at radius 1 is 0.769 bits per heavy atom. The van der Waals surface area contributed by atoms with E-state index < -0.39 is 0 Å². The van der Waals surface area contributed by atoms with Crippen molar-refractivity contribution in [3.05, 3.63) is 87.6 Å². The molecule has 26 heavy (non-hydrogen) atoms. The Hall–Kier alpha value is -3.33. The van der Waals surface area contributed by atoms with Crippen LogP contribution in [0, 0.1) is 13.8 Å². The molecule has 0 bridgehead atoms. The quantitative estimate of drug-likeness (QED) is 0.370. The van der Waals surface area contributed by atoms with Crippen molar-refractivity contribution in [2.75, 3.05) is 5.32 Å². The van der Waals surface area contributed by atoms with Gasteiger partial charge in [-0.1, -0.05) is 29.8 Å². The van der Waals surface area contributed by atoms with Crippen molar-refractivity contribution >= 4 is 38.8 Å². The zero-order valence-corrected chi connectivity index (χ0v) is 14.7. The summed E-state index contributed by atoms with van der Waals surface area (Å²) < 4.78 is 0. The number of benzene rings is 3. The summed E-state index contributed by atoms with van der Waals surface area (Å²) in [6.45, 7) is 8.39. The van der Waals surface area contributed by atoms with E-state index in [4.69, 9.17) is 0 Å². The Morgan fingerprint density at radius 2 is 1.46 bits per heavy atom. The lowest BCUT2D eigenvalue weighted by molar-refractivity contribution is 1.38. The van der Waals surface area contributed by atoms with E-state index in [9.17, 15) is 4.79 Å². The number of pyridine rings is 1.